The Morgan fingerprint density at radius 3 is 1.92 bits per heavy atom. The molecule has 6 heteroatoms. The monoisotopic (exact) mass is 501 g/mol. The summed E-state index contributed by atoms with van der Waals surface area (Å²) in [5.74, 6) is 0. The second-order valence-corrected chi connectivity index (χ2v) is 9.90. The van der Waals surface area contributed by atoms with Gasteiger partial charge in [-0.25, -0.2) is 9.97 Å². The zero-order valence-corrected chi connectivity index (χ0v) is 20.6. The van der Waals surface area contributed by atoms with E-state index in [1.165, 1.54) is 0 Å². The van der Waals surface area contributed by atoms with Gasteiger partial charge in [0.2, 0.25) is 0 Å². The molecule has 0 spiro atoms. The van der Waals surface area contributed by atoms with Crippen molar-refractivity contribution in [1.82, 2.24) is 23.3 Å². The minimum Gasteiger partial charge on any atom is -0.309 e. The molecular formula is C33H19N5O. The molecule has 0 aliphatic heterocycles. The van der Waals surface area contributed by atoms with Gasteiger partial charge in [0.1, 0.15) is 0 Å². The van der Waals surface area contributed by atoms with Crippen molar-refractivity contribution in [3.8, 4) is 5.69 Å². The van der Waals surface area contributed by atoms with Crippen molar-refractivity contribution in [1.29, 1.82) is 0 Å². The molecule has 0 saturated heterocycles. The highest BCUT2D eigenvalue weighted by Crippen LogP contribution is 2.36. The Balaban J connectivity index is 1.62. The van der Waals surface area contributed by atoms with Gasteiger partial charge in [0.15, 0.2) is 11.3 Å². The maximum Gasteiger partial charge on any atom is 0.266 e. The first-order chi connectivity index (χ1) is 19.3. The quantitative estimate of drug-likeness (QED) is 0.182. The van der Waals surface area contributed by atoms with Crippen LogP contribution in [0.15, 0.2) is 120 Å². The Bertz CT molecular complexity index is 2520. The number of para-hydroxylation sites is 5. The fourth-order valence-electron chi connectivity index (χ4n) is 6.13. The lowest BCUT2D eigenvalue weighted by Crippen LogP contribution is -2.17. The van der Waals surface area contributed by atoms with Crippen LogP contribution in [0.3, 0.4) is 0 Å². The SMILES string of the molecule is O=c1c2ccccc2nc2c3nc4ccccc4n3c3cc4c5ccccc5n(-c5ccccc5)c4cc3n12. The largest absolute Gasteiger partial charge is 0.309 e. The fraction of sp³-hybridized carbons (Fsp3) is 0. The van der Waals surface area contributed by atoms with Crippen molar-refractivity contribution in [2.45, 2.75) is 0 Å². The van der Waals surface area contributed by atoms with E-state index in [2.05, 4.69) is 63.6 Å². The Morgan fingerprint density at radius 2 is 1.08 bits per heavy atom. The third-order valence-corrected chi connectivity index (χ3v) is 7.80. The summed E-state index contributed by atoms with van der Waals surface area (Å²) in [7, 11) is 0. The minimum absolute atomic E-state index is 0.100. The van der Waals surface area contributed by atoms with E-state index in [-0.39, 0.29) is 5.56 Å². The van der Waals surface area contributed by atoms with E-state index in [0.717, 1.165) is 49.6 Å². The van der Waals surface area contributed by atoms with E-state index in [0.29, 0.717) is 22.2 Å². The van der Waals surface area contributed by atoms with Gasteiger partial charge in [0.25, 0.3) is 5.56 Å². The molecule has 0 aliphatic rings. The summed E-state index contributed by atoms with van der Waals surface area (Å²) in [6, 6.07) is 38.7. The first kappa shape index (κ1) is 20.6. The van der Waals surface area contributed by atoms with Gasteiger partial charge >= 0.3 is 0 Å². The van der Waals surface area contributed by atoms with Gasteiger partial charge in [-0.1, -0.05) is 60.7 Å². The molecule has 0 atom stereocenters. The van der Waals surface area contributed by atoms with Gasteiger partial charge in [-0.2, -0.15) is 0 Å². The molecule has 0 radical (unpaired) electrons. The molecule has 0 bridgehead atoms. The van der Waals surface area contributed by atoms with E-state index >= 15 is 0 Å². The Hall–Kier alpha value is -5.49. The van der Waals surface area contributed by atoms with Crippen molar-refractivity contribution in [2.75, 3.05) is 0 Å². The van der Waals surface area contributed by atoms with Gasteiger partial charge in [0, 0.05) is 16.5 Å². The standard InChI is InChI=1S/C33H19N5O/c39-33-22-13-4-6-14-24(22)34-32-31-35-25-15-7-9-17-27(25)37(31)29-18-23-21-12-5-8-16-26(21)36(20-10-2-1-3-11-20)28(23)19-30(29)38(32)33/h1-19H. The number of hydrogen-bond acceptors (Lipinski definition) is 3. The number of fused-ring (bicyclic) bond motifs is 12. The number of aromatic nitrogens is 5. The molecule has 4 aromatic heterocycles. The molecule has 0 saturated carbocycles. The van der Waals surface area contributed by atoms with Crippen molar-refractivity contribution in [2.24, 2.45) is 0 Å². The van der Waals surface area contributed by atoms with Gasteiger partial charge < -0.3 is 4.57 Å². The zero-order chi connectivity index (χ0) is 25.7. The maximum absolute atomic E-state index is 14.1. The van der Waals surface area contributed by atoms with Crippen molar-refractivity contribution in [3.05, 3.63) is 126 Å². The fourth-order valence-corrected chi connectivity index (χ4v) is 6.13. The first-order valence-electron chi connectivity index (χ1n) is 12.9. The number of benzene rings is 5. The molecule has 0 aliphatic carbocycles. The molecule has 9 aromatic rings. The molecule has 0 fully saturated rings. The average molecular weight is 502 g/mol. The lowest BCUT2D eigenvalue weighted by atomic mass is 10.1. The lowest BCUT2D eigenvalue weighted by Gasteiger charge is -2.13. The lowest BCUT2D eigenvalue weighted by molar-refractivity contribution is 1.10. The summed E-state index contributed by atoms with van der Waals surface area (Å²) < 4.78 is 6.16. The van der Waals surface area contributed by atoms with E-state index in [1.54, 1.807) is 4.40 Å². The minimum atomic E-state index is -0.100. The van der Waals surface area contributed by atoms with Crippen LogP contribution >= 0.6 is 0 Å². The molecular weight excluding hydrogens is 482 g/mol. The molecule has 0 N–H and O–H groups in total. The predicted molar refractivity (Wildman–Crippen MR) is 157 cm³/mol. The molecule has 5 aromatic carbocycles. The van der Waals surface area contributed by atoms with Gasteiger partial charge in [-0.05, 0) is 54.6 Å². The van der Waals surface area contributed by atoms with Crippen LogP contribution < -0.4 is 5.56 Å². The zero-order valence-electron chi connectivity index (χ0n) is 20.6. The number of imidazole rings is 1. The Kier molecular flexibility index (Phi) is 3.85. The van der Waals surface area contributed by atoms with E-state index in [9.17, 15) is 4.79 Å². The predicted octanol–water partition coefficient (Wildman–Crippen LogP) is 6.90. The second kappa shape index (κ2) is 7.30. The van der Waals surface area contributed by atoms with Crippen molar-refractivity contribution >= 4 is 66.1 Å². The highest BCUT2D eigenvalue weighted by Gasteiger charge is 2.20. The highest BCUT2D eigenvalue weighted by molar-refractivity contribution is 6.14. The Morgan fingerprint density at radius 1 is 0.462 bits per heavy atom. The summed E-state index contributed by atoms with van der Waals surface area (Å²) >= 11 is 0. The van der Waals surface area contributed by atoms with Crippen LogP contribution in [0.25, 0.3) is 71.8 Å². The molecule has 39 heavy (non-hydrogen) atoms. The highest BCUT2D eigenvalue weighted by atomic mass is 16.1. The van der Waals surface area contributed by atoms with Crippen LogP contribution in [0.4, 0.5) is 0 Å². The van der Waals surface area contributed by atoms with Crippen LogP contribution in [0.5, 0.6) is 0 Å². The Labute approximate surface area is 220 Å². The maximum atomic E-state index is 14.1. The molecule has 0 unspecified atom stereocenters. The topological polar surface area (TPSA) is 56.6 Å². The summed E-state index contributed by atoms with van der Waals surface area (Å²) in [5, 5.41) is 2.85. The van der Waals surface area contributed by atoms with Crippen LogP contribution in [-0.4, -0.2) is 23.3 Å². The number of rotatable bonds is 1. The van der Waals surface area contributed by atoms with Crippen molar-refractivity contribution in [3.63, 3.8) is 0 Å². The third-order valence-electron chi connectivity index (χ3n) is 7.80. The van der Waals surface area contributed by atoms with Gasteiger partial charge in [0.05, 0.1) is 44.0 Å². The van der Waals surface area contributed by atoms with Crippen LogP contribution in [-0.2, 0) is 0 Å². The normalized spacial score (nSPS) is 12.2. The summed E-state index contributed by atoms with van der Waals surface area (Å²) in [4.78, 5) is 24.1. The summed E-state index contributed by atoms with van der Waals surface area (Å²) in [6.45, 7) is 0. The average Bonchev–Trinajstić information content (AvgIpc) is 3.53. The summed E-state index contributed by atoms with van der Waals surface area (Å²) in [5.41, 5.74) is 8.52. The molecule has 9 rings (SSSR count). The van der Waals surface area contributed by atoms with Gasteiger partial charge in [-0.15, -0.1) is 0 Å². The summed E-state index contributed by atoms with van der Waals surface area (Å²) in [6.07, 6.45) is 0. The third kappa shape index (κ3) is 2.62. The second-order valence-electron chi connectivity index (χ2n) is 9.90. The van der Waals surface area contributed by atoms with Crippen LogP contribution in [0, 0.1) is 0 Å². The van der Waals surface area contributed by atoms with E-state index in [1.807, 2.05) is 60.7 Å². The van der Waals surface area contributed by atoms with E-state index < -0.39 is 0 Å². The van der Waals surface area contributed by atoms with Crippen LogP contribution in [0.1, 0.15) is 0 Å². The van der Waals surface area contributed by atoms with Crippen LogP contribution in [0.2, 0.25) is 0 Å². The number of nitrogens with zero attached hydrogens (tertiary/aromatic N) is 5. The van der Waals surface area contributed by atoms with E-state index in [4.69, 9.17) is 9.97 Å². The molecule has 0 amide bonds. The molecule has 4 heterocycles. The molecule has 6 nitrogen and oxygen atoms in total. The first-order valence-corrected chi connectivity index (χ1v) is 12.9. The smallest absolute Gasteiger partial charge is 0.266 e. The number of hydrogen-bond donors (Lipinski definition) is 0. The van der Waals surface area contributed by atoms with Crippen molar-refractivity contribution < 1.29 is 0 Å². The van der Waals surface area contributed by atoms with Gasteiger partial charge in [-0.3, -0.25) is 13.6 Å². The molecule has 182 valence electrons.